The predicted octanol–water partition coefficient (Wildman–Crippen LogP) is 2.71. The minimum atomic E-state index is 0.0355. The van der Waals surface area contributed by atoms with Crippen molar-refractivity contribution in [2.45, 2.75) is 26.2 Å². The number of rotatable bonds is 5. The number of anilines is 1. The van der Waals surface area contributed by atoms with Gasteiger partial charge in [0.1, 0.15) is 18.1 Å². The van der Waals surface area contributed by atoms with Crippen LogP contribution in [-0.4, -0.2) is 24.5 Å². The Morgan fingerprint density at radius 2 is 2.40 bits per heavy atom. The van der Waals surface area contributed by atoms with Gasteiger partial charge in [-0.3, -0.25) is 0 Å². The molecule has 2 rings (SSSR count). The van der Waals surface area contributed by atoms with Gasteiger partial charge in [-0.05, 0) is 30.4 Å². The molecule has 106 valence electrons. The van der Waals surface area contributed by atoms with E-state index < -0.39 is 0 Å². The maximum Gasteiger partial charge on any atom is 0.135 e. The van der Waals surface area contributed by atoms with Crippen LogP contribution in [0.1, 0.15) is 31.7 Å². The molecule has 2 unspecified atom stereocenters. The molecule has 1 saturated heterocycles. The number of phenols is 1. The lowest BCUT2D eigenvalue weighted by Gasteiger charge is -2.22. The molecule has 20 heavy (non-hydrogen) atoms. The number of carbonyl (C=O) groups excluding carboxylic acids is 1. The third-order valence-corrected chi connectivity index (χ3v) is 4.28. The van der Waals surface area contributed by atoms with Crippen molar-refractivity contribution in [3.05, 3.63) is 23.8 Å². The first-order valence-corrected chi connectivity index (χ1v) is 7.11. The summed E-state index contributed by atoms with van der Waals surface area (Å²) in [7, 11) is 0. The lowest BCUT2D eigenvalue weighted by molar-refractivity contribution is -0.109. The van der Waals surface area contributed by atoms with Gasteiger partial charge in [0, 0.05) is 31.3 Å². The van der Waals surface area contributed by atoms with Gasteiger partial charge in [0.25, 0.3) is 0 Å². The quantitative estimate of drug-likeness (QED) is 0.837. The van der Waals surface area contributed by atoms with Crippen molar-refractivity contribution in [3.8, 4) is 11.8 Å². The van der Waals surface area contributed by atoms with E-state index in [0.29, 0.717) is 23.8 Å². The van der Waals surface area contributed by atoms with Gasteiger partial charge in [-0.1, -0.05) is 13.3 Å². The van der Waals surface area contributed by atoms with E-state index in [2.05, 4.69) is 11.8 Å². The molecule has 0 aliphatic carbocycles. The van der Waals surface area contributed by atoms with Gasteiger partial charge >= 0.3 is 0 Å². The number of benzene rings is 1. The van der Waals surface area contributed by atoms with Crippen LogP contribution in [-0.2, 0) is 4.79 Å². The summed E-state index contributed by atoms with van der Waals surface area (Å²) in [4.78, 5) is 12.9. The third-order valence-electron chi connectivity index (χ3n) is 4.28. The van der Waals surface area contributed by atoms with Crippen LogP contribution in [0.5, 0.6) is 5.75 Å². The Hall–Kier alpha value is -2.02. The molecule has 0 aromatic heterocycles. The van der Waals surface area contributed by atoms with Crippen molar-refractivity contribution in [3.63, 3.8) is 0 Å². The maximum absolute atomic E-state index is 10.7. The smallest absolute Gasteiger partial charge is 0.135 e. The third kappa shape index (κ3) is 2.93. The number of carbonyl (C=O) groups is 1. The van der Waals surface area contributed by atoms with Crippen LogP contribution in [0.2, 0.25) is 0 Å². The first kappa shape index (κ1) is 14.4. The summed E-state index contributed by atoms with van der Waals surface area (Å²) >= 11 is 0. The van der Waals surface area contributed by atoms with Crippen LogP contribution in [0, 0.1) is 23.2 Å². The largest absolute Gasteiger partial charge is 0.506 e. The van der Waals surface area contributed by atoms with Crippen molar-refractivity contribution >= 4 is 12.0 Å². The number of phenolic OH excluding ortho intramolecular Hbond substituents is 1. The molecule has 1 aromatic rings. The first-order chi connectivity index (χ1) is 9.69. The molecule has 1 aliphatic heterocycles. The molecule has 0 bridgehead atoms. The molecule has 4 nitrogen and oxygen atoms in total. The Labute approximate surface area is 119 Å². The summed E-state index contributed by atoms with van der Waals surface area (Å²) in [5, 5.41) is 18.6. The zero-order valence-corrected chi connectivity index (χ0v) is 11.7. The number of aldehydes is 1. The molecule has 0 radical (unpaired) electrons. The van der Waals surface area contributed by atoms with Gasteiger partial charge < -0.3 is 14.8 Å². The molecule has 1 N–H and O–H groups in total. The number of nitriles is 1. The SMILES string of the molecule is CCC(CC=O)C1CCN(c2ccc(C#N)c(O)c2)C1. The summed E-state index contributed by atoms with van der Waals surface area (Å²) in [6, 6.07) is 7.14. The van der Waals surface area contributed by atoms with Crippen LogP contribution in [0.4, 0.5) is 5.69 Å². The number of hydrogen-bond donors (Lipinski definition) is 1. The van der Waals surface area contributed by atoms with E-state index in [0.717, 1.165) is 37.9 Å². The molecule has 1 fully saturated rings. The Balaban J connectivity index is 2.07. The fraction of sp³-hybridized carbons (Fsp3) is 0.500. The van der Waals surface area contributed by atoms with Crippen molar-refractivity contribution in [2.75, 3.05) is 18.0 Å². The number of nitrogens with zero attached hydrogens (tertiary/aromatic N) is 2. The highest BCUT2D eigenvalue weighted by Crippen LogP contribution is 2.33. The zero-order valence-electron chi connectivity index (χ0n) is 11.7. The second-order valence-corrected chi connectivity index (χ2v) is 5.38. The van der Waals surface area contributed by atoms with Crippen LogP contribution >= 0.6 is 0 Å². The van der Waals surface area contributed by atoms with E-state index in [1.54, 1.807) is 12.1 Å². The fourth-order valence-electron chi connectivity index (χ4n) is 3.03. The summed E-state index contributed by atoms with van der Waals surface area (Å²) < 4.78 is 0. The molecule has 4 heteroatoms. The summed E-state index contributed by atoms with van der Waals surface area (Å²) in [6.07, 6.45) is 3.75. The van der Waals surface area contributed by atoms with E-state index in [1.165, 1.54) is 0 Å². The van der Waals surface area contributed by atoms with Gasteiger partial charge in [0.15, 0.2) is 0 Å². The Bertz CT molecular complexity index is 522. The molecule has 0 spiro atoms. The van der Waals surface area contributed by atoms with Gasteiger partial charge in [-0.15, -0.1) is 0 Å². The van der Waals surface area contributed by atoms with E-state index in [9.17, 15) is 9.90 Å². The second-order valence-electron chi connectivity index (χ2n) is 5.38. The average molecular weight is 272 g/mol. The highest BCUT2D eigenvalue weighted by atomic mass is 16.3. The first-order valence-electron chi connectivity index (χ1n) is 7.11. The average Bonchev–Trinajstić information content (AvgIpc) is 2.94. The monoisotopic (exact) mass is 272 g/mol. The number of hydrogen-bond acceptors (Lipinski definition) is 4. The predicted molar refractivity (Wildman–Crippen MR) is 77.6 cm³/mol. The Morgan fingerprint density at radius 1 is 1.60 bits per heavy atom. The molecule has 0 amide bonds. The molecule has 1 heterocycles. The van der Waals surface area contributed by atoms with Crippen molar-refractivity contribution < 1.29 is 9.90 Å². The molecule has 0 saturated carbocycles. The van der Waals surface area contributed by atoms with Crippen LogP contribution in [0.15, 0.2) is 18.2 Å². The molecule has 2 atom stereocenters. The van der Waals surface area contributed by atoms with Gasteiger partial charge in [0.05, 0.1) is 5.56 Å². The van der Waals surface area contributed by atoms with E-state index in [1.807, 2.05) is 12.1 Å². The fourth-order valence-corrected chi connectivity index (χ4v) is 3.03. The highest BCUT2D eigenvalue weighted by Gasteiger charge is 2.28. The second kappa shape index (κ2) is 6.42. The van der Waals surface area contributed by atoms with Gasteiger partial charge in [0.2, 0.25) is 0 Å². The molecular weight excluding hydrogens is 252 g/mol. The summed E-state index contributed by atoms with van der Waals surface area (Å²) in [5.74, 6) is 1.01. The normalized spacial score (nSPS) is 19.6. The van der Waals surface area contributed by atoms with Crippen LogP contribution in [0.25, 0.3) is 0 Å². The molecule has 1 aliphatic rings. The van der Waals surface area contributed by atoms with Crippen molar-refractivity contribution in [1.29, 1.82) is 5.26 Å². The van der Waals surface area contributed by atoms with Crippen molar-refractivity contribution in [1.82, 2.24) is 0 Å². The van der Waals surface area contributed by atoms with Crippen LogP contribution in [0.3, 0.4) is 0 Å². The molecule has 1 aromatic carbocycles. The minimum absolute atomic E-state index is 0.0355. The summed E-state index contributed by atoms with van der Waals surface area (Å²) in [6.45, 7) is 3.98. The lowest BCUT2D eigenvalue weighted by atomic mass is 9.87. The van der Waals surface area contributed by atoms with E-state index in [-0.39, 0.29) is 5.75 Å². The standard InChI is InChI=1S/C16H20N2O2/c1-2-12(6-8-19)14-5-7-18(11-14)15-4-3-13(10-17)16(20)9-15/h3-4,8-9,12,14,20H,2,5-7,11H2,1H3. The van der Waals surface area contributed by atoms with Gasteiger partial charge in [-0.2, -0.15) is 5.26 Å². The Kier molecular flexibility index (Phi) is 4.62. The van der Waals surface area contributed by atoms with Crippen LogP contribution < -0.4 is 4.90 Å². The van der Waals surface area contributed by atoms with Gasteiger partial charge in [-0.25, -0.2) is 0 Å². The topological polar surface area (TPSA) is 64.3 Å². The lowest BCUT2D eigenvalue weighted by Crippen LogP contribution is -2.22. The zero-order chi connectivity index (χ0) is 14.5. The highest BCUT2D eigenvalue weighted by molar-refractivity contribution is 5.57. The van der Waals surface area contributed by atoms with E-state index in [4.69, 9.17) is 5.26 Å². The number of aromatic hydroxyl groups is 1. The Morgan fingerprint density at radius 3 is 3.00 bits per heavy atom. The van der Waals surface area contributed by atoms with Crippen molar-refractivity contribution in [2.24, 2.45) is 11.8 Å². The van der Waals surface area contributed by atoms with E-state index >= 15 is 0 Å². The molecular formula is C16H20N2O2. The summed E-state index contributed by atoms with van der Waals surface area (Å²) in [5.41, 5.74) is 1.25. The maximum atomic E-state index is 10.7. The minimum Gasteiger partial charge on any atom is -0.506 e.